The molecule has 2 unspecified atom stereocenters. The molecule has 0 saturated carbocycles. The van der Waals surface area contributed by atoms with Crippen molar-refractivity contribution in [2.24, 2.45) is 0 Å². The minimum Gasteiger partial charge on any atom is -0.480 e. The average molecular weight is 301 g/mol. The van der Waals surface area contributed by atoms with E-state index in [9.17, 15) is 14.7 Å². The van der Waals surface area contributed by atoms with Crippen molar-refractivity contribution < 1.29 is 14.7 Å². The van der Waals surface area contributed by atoms with Gasteiger partial charge in [0.1, 0.15) is 6.04 Å². The maximum absolute atomic E-state index is 12.2. The Balaban J connectivity index is 1.85. The maximum Gasteiger partial charge on any atom is 0.327 e. The van der Waals surface area contributed by atoms with E-state index in [2.05, 4.69) is 17.3 Å². The summed E-state index contributed by atoms with van der Waals surface area (Å²) in [7, 11) is 2.08. The smallest absolute Gasteiger partial charge is 0.327 e. The minimum atomic E-state index is -0.915. The molecule has 2 N–H and O–H groups in total. The maximum atomic E-state index is 12.2. The van der Waals surface area contributed by atoms with Crippen molar-refractivity contribution in [3.8, 4) is 0 Å². The van der Waals surface area contributed by atoms with Crippen LogP contribution < -0.4 is 5.32 Å². The first-order chi connectivity index (χ1) is 9.59. The Hall–Kier alpha value is -0.950. The van der Waals surface area contributed by atoms with Gasteiger partial charge >= 0.3 is 12.0 Å². The zero-order valence-corrected chi connectivity index (χ0v) is 12.7. The summed E-state index contributed by atoms with van der Waals surface area (Å²) < 4.78 is 0. The molecule has 0 aromatic carbocycles. The largest absolute Gasteiger partial charge is 0.480 e. The second kappa shape index (κ2) is 7.17. The number of aliphatic carboxylic acids is 1. The first kappa shape index (κ1) is 15.4. The molecule has 114 valence electrons. The summed E-state index contributed by atoms with van der Waals surface area (Å²) in [6.45, 7) is 2.18. The van der Waals surface area contributed by atoms with Crippen molar-refractivity contribution in [3.05, 3.63) is 0 Å². The summed E-state index contributed by atoms with van der Waals surface area (Å²) >= 11 is 1.59. The van der Waals surface area contributed by atoms with Gasteiger partial charge < -0.3 is 20.2 Å². The molecule has 2 heterocycles. The van der Waals surface area contributed by atoms with E-state index in [0.717, 1.165) is 18.7 Å². The van der Waals surface area contributed by atoms with Crippen molar-refractivity contribution >= 4 is 23.8 Å². The third kappa shape index (κ3) is 3.79. The molecule has 0 spiro atoms. The Bertz CT molecular complexity index is 367. The number of carboxylic acid groups (broad SMARTS) is 1. The number of hydrogen-bond acceptors (Lipinski definition) is 4. The standard InChI is InChI=1S/C13H23N3O3S/c1-15-5-3-2-4-10(15)8-14-13(19)16-6-7-20-9-11(16)12(17)18/h10-11H,2-9H2,1H3,(H,14,19)(H,17,18). The topological polar surface area (TPSA) is 72.9 Å². The fourth-order valence-electron chi connectivity index (χ4n) is 2.76. The number of carbonyl (C=O) groups excluding carboxylic acids is 1. The number of likely N-dealkylation sites (N-methyl/N-ethyl adjacent to an activating group) is 1. The second-order valence-electron chi connectivity index (χ2n) is 5.44. The zero-order valence-electron chi connectivity index (χ0n) is 11.9. The molecular formula is C13H23N3O3S. The molecule has 0 aliphatic carbocycles. The van der Waals surface area contributed by atoms with E-state index in [-0.39, 0.29) is 6.03 Å². The lowest BCUT2D eigenvalue weighted by Crippen LogP contribution is -2.55. The zero-order chi connectivity index (χ0) is 14.5. The van der Waals surface area contributed by atoms with Gasteiger partial charge in [-0.15, -0.1) is 0 Å². The van der Waals surface area contributed by atoms with Crippen LogP contribution in [0.5, 0.6) is 0 Å². The van der Waals surface area contributed by atoms with Gasteiger partial charge in [0.15, 0.2) is 0 Å². The van der Waals surface area contributed by atoms with E-state index in [1.165, 1.54) is 17.7 Å². The molecule has 2 atom stereocenters. The molecule has 0 aromatic rings. The highest BCUT2D eigenvalue weighted by Gasteiger charge is 2.32. The number of amides is 2. The van der Waals surface area contributed by atoms with Crippen molar-refractivity contribution in [1.29, 1.82) is 0 Å². The van der Waals surface area contributed by atoms with E-state index < -0.39 is 12.0 Å². The Morgan fingerprint density at radius 2 is 2.15 bits per heavy atom. The molecule has 0 bridgehead atoms. The van der Waals surface area contributed by atoms with E-state index in [1.807, 2.05) is 0 Å². The van der Waals surface area contributed by atoms with Gasteiger partial charge in [-0.05, 0) is 26.4 Å². The molecule has 2 aliphatic rings. The van der Waals surface area contributed by atoms with Crippen molar-refractivity contribution in [1.82, 2.24) is 15.1 Å². The predicted molar refractivity (Wildman–Crippen MR) is 79.1 cm³/mol. The predicted octanol–water partition coefficient (Wildman–Crippen LogP) is 0.682. The average Bonchev–Trinajstić information content (AvgIpc) is 2.46. The Morgan fingerprint density at radius 3 is 2.85 bits per heavy atom. The van der Waals surface area contributed by atoms with Crippen LogP contribution in [0.4, 0.5) is 4.79 Å². The molecule has 2 fully saturated rings. The normalized spacial score (nSPS) is 28.1. The van der Waals surface area contributed by atoms with Gasteiger partial charge in [0, 0.05) is 30.6 Å². The van der Waals surface area contributed by atoms with Gasteiger partial charge in [-0.1, -0.05) is 6.42 Å². The highest BCUT2D eigenvalue weighted by molar-refractivity contribution is 7.99. The molecule has 6 nitrogen and oxygen atoms in total. The van der Waals surface area contributed by atoms with Crippen LogP contribution >= 0.6 is 11.8 Å². The number of carboxylic acids is 1. The molecule has 7 heteroatoms. The molecule has 0 aromatic heterocycles. The van der Waals surface area contributed by atoms with Gasteiger partial charge in [-0.3, -0.25) is 0 Å². The number of hydrogen-bond donors (Lipinski definition) is 2. The van der Waals surface area contributed by atoms with Crippen LogP contribution in [0.25, 0.3) is 0 Å². The van der Waals surface area contributed by atoms with E-state index in [0.29, 0.717) is 24.9 Å². The van der Waals surface area contributed by atoms with Gasteiger partial charge in [0.05, 0.1) is 0 Å². The minimum absolute atomic E-state index is 0.239. The van der Waals surface area contributed by atoms with E-state index in [1.54, 1.807) is 11.8 Å². The Labute approximate surface area is 123 Å². The fourth-order valence-corrected chi connectivity index (χ4v) is 3.80. The van der Waals surface area contributed by atoms with Crippen molar-refractivity contribution in [2.45, 2.75) is 31.3 Å². The quantitative estimate of drug-likeness (QED) is 0.802. The summed E-state index contributed by atoms with van der Waals surface area (Å²) in [5.41, 5.74) is 0. The molecule has 2 saturated heterocycles. The van der Waals surface area contributed by atoms with Gasteiger partial charge in [0.2, 0.25) is 0 Å². The molecular weight excluding hydrogens is 278 g/mol. The molecule has 2 amide bonds. The summed E-state index contributed by atoms with van der Waals surface area (Å²) in [4.78, 5) is 27.1. The van der Waals surface area contributed by atoms with Gasteiger partial charge in [-0.2, -0.15) is 11.8 Å². The van der Waals surface area contributed by atoms with Crippen LogP contribution in [0.2, 0.25) is 0 Å². The fraction of sp³-hybridized carbons (Fsp3) is 0.846. The van der Waals surface area contributed by atoms with Crippen molar-refractivity contribution in [3.63, 3.8) is 0 Å². The Morgan fingerprint density at radius 1 is 1.35 bits per heavy atom. The van der Waals surface area contributed by atoms with Crippen LogP contribution in [0.3, 0.4) is 0 Å². The van der Waals surface area contributed by atoms with Crippen molar-refractivity contribution in [2.75, 3.05) is 38.2 Å². The van der Waals surface area contributed by atoms with Crippen LogP contribution in [-0.2, 0) is 4.79 Å². The summed E-state index contributed by atoms with van der Waals surface area (Å²) in [6.07, 6.45) is 3.50. The highest BCUT2D eigenvalue weighted by Crippen LogP contribution is 2.17. The van der Waals surface area contributed by atoms with Crippen LogP contribution in [0.1, 0.15) is 19.3 Å². The SMILES string of the molecule is CN1CCCCC1CNC(=O)N1CCSCC1C(=O)O. The number of thioether (sulfide) groups is 1. The third-order valence-corrected chi connectivity index (χ3v) is 5.11. The second-order valence-corrected chi connectivity index (χ2v) is 6.59. The van der Waals surface area contributed by atoms with E-state index in [4.69, 9.17) is 0 Å². The third-order valence-electron chi connectivity index (χ3n) is 4.08. The van der Waals surface area contributed by atoms with Crippen LogP contribution in [0.15, 0.2) is 0 Å². The van der Waals surface area contributed by atoms with Crippen LogP contribution in [-0.4, -0.2) is 77.2 Å². The molecule has 0 radical (unpaired) electrons. The first-order valence-electron chi connectivity index (χ1n) is 7.15. The number of likely N-dealkylation sites (tertiary alicyclic amines) is 1. The molecule has 2 rings (SSSR count). The monoisotopic (exact) mass is 301 g/mol. The lowest BCUT2D eigenvalue weighted by Gasteiger charge is -2.35. The Kier molecular flexibility index (Phi) is 5.54. The lowest BCUT2D eigenvalue weighted by molar-refractivity contribution is -0.141. The number of urea groups is 1. The highest BCUT2D eigenvalue weighted by atomic mass is 32.2. The molecule has 20 heavy (non-hydrogen) atoms. The number of nitrogens with zero attached hydrogens (tertiary/aromatic N) is 2. The lowest BCUT2D eigenvalue weighted by atomic mass is 10.0. The number of nitrogens with one attached hydrogen (secondary N) is 1. The first-order valence-corrected chi connectivity index (χ1v) is 8.30. The summed E-state index contributed by atoms with van der Waals surface area (Å²) in [5, 5.41) is 12.1. The van der Waals surface area contributed by atoms with Gasteiger partial charge in [-0.25, -0.2) is 9.59 Å². The number of carbonyl (C=O) groups is 2. The number of rotatable bonds is 3. The molecule has 2 aliphatic heterocycles. The van der Waals surface area contributed by atoms with E-state index >= 15 is 0 Å². The van der Waals surface area contributed by atoms with Gasteiger partial charge in [0.25, 0.3) is 0 Å². The summed E-state index contributed by atoms with van der Waals surface area (Å²) in [6, 6.07) is -0.565. The van der Waals surface area contributed by atoms with Crippen LogP contribution in [0, 0.1) is 0 Å². The number of piperidine rings is 1. The summed E-state index contributed by atoms with van der Waals surface area (Å²) in [5.74, 6) is 0.370.